The van der Waals surface area contributed by atoms with Crippen LogP contribution in [0.5, 0.6) is 0 Å². The van der Waals surface area contributed by atoms with E-state index in [1.807, 2.05) is 18.2 Å². The van der Waals surface area contributed by atoms with Gasteiger partial charge in [-0.2, -0.15) is 0 Å². The van der Waals surface area contributed by atoms with Crippen LogP contribution < -0.4 is 39.8 Å². The van der Waals surface area contributed by atoms with E-state index in [0.29, 0.717) is 6.54 Å². The van der Waals surface area contributed by atoms with Gasteiger partial charge in [-0.3, -0.25) is 0 Å². The maximum atomic E-state index is 11.7. The minimum absolute atomic E-state index is 0. The monoisotopic (exact) mass is 620 g/mol. The van der Waals surface area contributed by atoms with Crippen LogP contribution in [-0.2, 0) is 16.7 Å². The summed E-state index contributed by atoms with van der Waals surface area (Å²) in [6.07, 6.45) is 28.6. The molecule has 3 rings (SSSR count). The summed E-state index contributed by atoms with van der Waals surface area (Å²) in [5.41, 5.74) is 2.86. The fourth-order valence-electron chi connectivity index (χ4n) is 6.25. The predicted molar refractivity (Wildman–Crippen MR) is 177 cm³/mol. The molecule has 1 aliphatic heterocycles. The topological polar surface area (TPSA) is 72.5 Å². The van der Waals surface area contributed by atoms with Gasteiger partial charge in [-0.25, -0.2) is 8.42 Å². The molecular weight excluding hydrogens is 563 g/mol. The fourth-order valence-corrected chi connectivity index (χ4v) is 6.74. The summed E-state index contributed by atoms with van der Waals surface area (Å²) in [6.45, 7) is 2.96. The molecule has 43 heavy (non-hydrogen) atoms. The van der Waals surface area contributed by atoms with Crippen LogP contribution >= 0.6 is 0 Å². The number of benzene rings is 2. The van der Waals surface area contributed by atoms with E-state index >= 15 is 0 Å². The molecule has 1 atom stereocenters. The number of unbranched alkanes of at least 4 members (excludes halogenated alkanes) is 19. The Kier molecular flexibility index (Phi) is 19.9. The van der Waals surface area contributed by atoms with Crippen LogP contribution in [0.2, 0.25) is 0 Å². The molecule has 5 nitrogen and oxygen atoms in total. The zero-order valence-electron chi connectivity index (χ0n) is 27.3. The molecule has 1 aliphatic rings. The molecule has 0 saturated heterocycles. The van der Waals surface area contributed by atoms with E-state index in [-0.39, 0.29) is 40.6 Å². The molecule has 0 bridgehead atoms. The first-order chi connectivity index (χ1) is 20.5. The second-order valence-corrected chi connectivity index (χ2v) is 13.8. The van der Waals surface area contributed by atoms with Gasteiger partial charge in [-0.15, -0.1) is 0 Å². The third kappa shape index (κ3) is 15.2. The van der Waals surface area contributed by atoms with Crippen LogP contribution in [0.4, 0.5) is 11.4 Å². The van der Waals surface area contributed by atoms with E-state index in [4.69, 9.17) is 0 Å². The van der Waals surface area contributed by atoms with Crippen LogP contribution in [-0.4, -0.2) is 19.1 Å². The Morgan fingerprint density at radius 1 is 0.674 bits per heavy atom. The van der Waals surface area contributed by atoms with E-state index in [0.717, 1.165) is 29.8 Å². The molecule has 0 fully saturated rings. The van der Waals surface area contributed by atoms with Crippen molar-refractivity contribution in [3.63, 3.8) is 0 Å². The van der Waals surface area contributed by atoms with Crippen molar-refractivity contribution in [1.29, 1.82) is 0 Å². The molecule has 2 aromatic carbocycles. The van der Waals surface area contributed by atoms with Gasteiger partial charge in [-0.1, -0.05) is 159 Å². The largest absolute Gasteiger partial charge is 1.00 e. The Hall–Kier alpha value is -1.05. The molecule has 0 radical (unpaired) electrons. The maximum Gasteiger partial charge on any atom is 1.00 e. The van der Waals surface area contributed by atoms with Crippen molar-refractivity contribution in [1.82, 2.24) is 0 Å². The molecule has 0 aliphatic carbocycles. The van der Waals surface area contributed by atoms with E-state index < -0.39 is 10.1 Å². The normalized spacial score (nSPS) is 14.4. The summed E-state index contributed by atoms with van der Waals surface area (Å²) in [7, 11) is -4.49. The van der Waals surface area contributed by atoms with Crippen LogP contribution in [0.1, 0.15) is 147 Å². The van der Waals surface area contributed by atoms with E-state index in [9.17, 15) is 13.0 Å². The number of nitrogens with zero attached hydrogens (tertiary/aromatic N) is 1. The van der Waals surface area contributed by atoms with Crippen LogP contribution in [0, 0.1) is 0 Å². The second kappa shape index (κ2) is 22.5. The number of fused-ring (bicyclic) bond motifs is 1. The molecule has 7 heteroatoms. The van der Waals surface area contributed by atoms with Gasteiger partial charge in [0, 0.05) is 6.54 Å². The molecule has 236 valence electrons. The first kappa shape index (κ1) is 38.1. The number of hydrogen-bond donors (Lipinski definition) is 1. The van der Waals surface area contributed by atoms with Gasteiger partial charge in [0.05, 0.1) is 22.4 Å². The Morgan fingerprint density at radius 3 is 1.60 bits per heavy atom. The number of nitrogens with one attached hydrogen (secondary N) is 1. The zero-order chi connectivity index (χ0) is 29.9. The molecule has 2 aromatic rings. The molecule has 0 saturated carbocycles. The van der Waals surface area contributed by atoms with Crippen molar-refractivity contribution in [3.05, 3.63) is 54.1 Å². The van der Waals surface area contributed by atoms with E-state index in [1.165, 1.54) is 134 Å². The number of anilines is 2. The maximum absolute atomic E-state index is 11.7. The summed E-state index contributed by atoms with van der Waals surface area (Å²) in [5, 5.41) is 3.57. The molecule has 1 heterocycles. The quantitative estimate of drug-likeness (QED) is 0.0745. The van der Waals surface area contributed by atoms with Gasteiger partial charge < -0.3 is 14.8 Å². The summed E-state index contributed by atoms with van der Waals surface area (Å²) in [5.74, 6) is 0. The van der Waals surface area contributed by atoms with Gasteiger partial charge in [0.15, 0.2) is 0 Å². The average Bonchev–Trinajstić information content (AvgIpc) is 3.32. The summed E-state index contributed by atoms with van der Waals surface area (Å²) in [4.78, 5) is 2.05. The Morgan fingerprint density at radius 2 is 1.14 bits per heavy atom. The van der Waals surface area contributed by atoms with Gasteiger partial charge in [0.2, 0.25) is 0 Å². The van der Waals surface area contributed by atoms with E-state index in [2.05, 4.69) is 29.3 Å². The summed E-state index contributed by atoms with van der Waals surface area (Å²) in [6, 6.07) is 14.9. The summed E-state index contributed by atoms with van der Waals surface area (Å²) < 4.78 is 35.0. The molecule has 1 N–H and O–H groups in total. The van der Waals surface area contributed by atoms with Crippen molar-refractivity contribution in [2.75, 3.05) is 10.2 Å². The standard InChI is InChI=1S/C36H58N2O3S.Na/c1-2-3-4-5-6-7-8-9-10-11-12-13-14-15-16-17-18-19-20-24-27-36-37-34-29-28-33(42(39,40)41)30-35(34)38(36)31-32-25-22-21-23-26-32;/h21-23,25-26,28-30,36-37H,2-20,24,27,31H2,1H3,(H,39,40,41);/q;+1/p-1. The number of hydrogen-bond acceptors (Lipinski definition) is 5. The van der Waals surface area contributed by atoms with E-state index in [1.54, 1.807) is 6.07 Å². The summed E-state index contributed by atoms with van der Waals surface area (Å²) >= 11 is 0. The smallest absolute Gasteiger partial charge is 0.744 e. The number of rotatable bonds is 24. The molecular formula is C36H57N2NaO3S. The molecule has 0 spiro atoms. The fraction of sp³-hybridized carbons (Fsp3) is 0.667. The van der Waals surface area contributed by atoms with Crippen molar-refractivity contribution < 1.29 is 42.5 Å². The third-order valence-corrected chi connectivity index (χ3v) is 9.62. The zero-order valence-corrected chi connectivity index (χ0v) is 30.1. The molecule has 1 unspecified atom stereocenters. The molecule has 0 aromatic heterocycles. The third-order valence-electron chi connectivity index (χ3n) is 8.79. The predicted octanol–water partition coefficient (Wildman–Crippen LogP) is 7.56. The Bertz CT molecular complexity index is 1100. The Labute approximate surface area is 286 Å². The minimum Gasteiger partial charge on any atom is -0.744 e. The minimum atomic E-state index is -4.49. The van der Waals surface area contributed by atoms with Crippen molar-refractivity contribution in [3.8, 4) is 0 Å². The van der Waals surface area contributed by atoms with Crippen molar-refractivity contribution >= 4 is 21.5 Å². The van der Waals surface area contributed by atoms with Crippen molar-refractivity contribution in [2.24, 2.45) is 0 Å². The van der Waals surface area contributed by atoms with Crippen LogP contribution in [0.25, 0.3) is 0 Å². The van der Waals surface area contributed by atoms with Crippen molar-refractivity contribution in [2.45, 2.75) is 159 Å². The first-order valence-corrected chi connectivity index (χ1v) is 18.6. The van der Waals surface area contributed by atoms with Crippen LogP contribution in [0.3, 0.4) is 0 Å². The SMILES string of the molecule is CCCCCCCCCCCCCCCCCCCCCCC1Nc2ccc(S(=O)(=O)[O-])cc2N1Cc1ccccc1.[Na+]. The first-order valence-electron chi connectivity index (χ1n) is 17.2. The van der Waals surface area contributed by atoms with Crippen LogP contribution in [0.15, 0.2) is 53.4 Å². The van der Waals surface area contributed by atoms with Gasteiger partial charge in [-0.05, 0) is 36.6 Å². The van der Waals surface area contributed by atoms with Gasteiger partial charge >= 0.3 is 29.6 Å². The van der Waals surface area contributed by atoms with Gasteiger partial charge in [0.1, 0.15) is 10.1 Å². The molecule has 0 amide bonds. The van der Waals surface area contributed by atoms with Gasteiger partial charge in [0.25, 0.3) is 0 Å². The average molecular weight is 621 g/mol. The Balaban J connectivity index is 0.00000645. The second-order valence-electron chi connectivity index (χ2n) is 12.4.